The lowest BCUT2D eigenvalue weighted by molar-refractivity contribution is -0.188. The van der Waals surface area contributed by atoms with Crippen molar-refractivity contribution >= 4 is 5.96 Å². The molecule has 0 amide bonds. The first-order chi connectivity index (χ1) is 12.2. The second-order valence-corrected chi connectivity index (χ2v) is 8.60. The third-order valence-corrected chi connectivity index (χ3v) is 6.47. The van der Waals surface area contributed by atoms with Gasteiger partial charge >= 0.3 is 6.18 Å². The zero-order valence-corrected chi connectivity index (χ0v) is 16.0. The van der Waals surface area contributed by atoms with Gasteiger partial charge in [0.25, 0.3) is 0 Å². The van der Waals surface area contributed by atoms with Gasteiger partial charge in [0.1, 0.15) is 0 Å². The number of halogens is 3. The van der Waals surface area contributed by atoms with Crippen LogP contribution in [-0.4, -0.2) is 43.5 Å². The van der Waals surface area contributed by atoms with Gasteiger partial charge in [-0.1, -0.05) is 13.8 Å². The Bertz CT molecular complexity index is 513. The van der Waals surface area contributed by atoms with Crippen molar-refractivity contribution in [3.05, 3.63) is 0 Å². The highest BCUT2D eigenvalue weighted by atomic mass is 19.4. The maximum Gasteiger partial charge on any atom is 0.391 e. The molecule has 0 radical (unpaired) electrons. The molecule has 0 aromatic heterocycles. The summed E-state index contributed by atoms with van der Waals surface area (Å²) in [7, 11) is 0. The van der Waals surface area contributed by atoms with Gasteiger partial charge in [0.2, 0.25) is 0 Å². The highest BCUT2D eigenvalue weighted by Gasteiger charge is 2.58. The summed E-state index contributed by atoms with van der Waals surface area (Å²) in [6.07, 6.45) is -0.0431. The summed E-state index contributed by atoms with van der Waals surface area (Å²) in [5, 5.41) is 6.96. The van der Waals surface area contributed by atoms with E-state index >= 15 is 0 Å². The second-order valence-electron chi connectivity index (χ2n) is 8.60. The zero-order chi connectivity index (χ0) is 18.9. The molecule has 0 bridgehead atoms. The van der Waals surface area contributed by atoms with Gasteiger partial charge in [0.15, 0.2) is 5.96 Å². The number of rotatable bonds is 3. The monoisotopic (exact) mass is 375 g/mol. The molecule has 3 rings (SSSR count). The molecular weight excluding hydrogens is 343 g/mol. The smallest absolute Gasteiger partial charge is 0.377 e. The van der Waals surface area contributed by atoms with Crippen molar-refractivity contribution in [2.45, 2.75) is 83.7 Å². The summed E-state index contributed by atoms with van der Waals surface area (Å²) in [5.74, 6) is 0.0828. The number of guanidine groups is 1. The van der Waals surface area contributed by atoms with E-state index in [0.29, 0.717) is 31.4 Å². The van der Waals surface area contributed by atoms with Gasteiger partial charge in [-0.25, -0.2) is 0 Å². The van der Waals surface area contributed by atoms with Crippen molar-refractivity contribution in [2.24, 2.45) is 22.2 Å². The first-order valence-electron chi connectivity index (χ1n) is 9.99. The van der Waals surface area contributed by atoms with E-state index < -0.39 is 12.1 Å². The summed E-state index contributed by atoms with van der Waals surface area (Å²) >= 11 is 0. The van der Waals surface area contributed by atoms with Crippen LogP contribution < -0.4 is 10.6 Å². The molecule has 3 aliphatic rings. The van der Waals surface area contributed by atoms with E-state index in [2.05, 4.69) is 29.5 Å². The van der Waals surface area contributed by atoms with Crippen LogP contribution in [0.3, 0.4) is 0 Å². The van der Waals surface area contributed by atoms with Crippen LogP contribution in [0.2, 0.25) is 0 Å². The molecule has 1 saturated heterocycles. The molecule has 2 saturated carbocycles. The van der Waals surface area contributed by atoms with Crippen LogP contribution in [0.15, 0.2) is 4.99 Å². The Morgan fingerprint density at radius 3 is 2.42 bits per heavy atom. The van der Waals surface area contributed by atoms with E-state index in [-0.39, 0.29) is 30.3 Å². The molecule has 0 aromatic rings. The van der Waals surface area contributed by atoms with E-state index in [1.165, 1.54) is 0 Å². The Morgan fingerprint density at radius 2 is 1.81 bits per heavy atom. The van der Waals surface area contributed by atoms with Gasteiger partial charge < -0.3 is 15.4 Å². The summed E-state index contributed by atoms with van der Waals surface area (Å²) in [6.45, 7) is 7.89. The van der Waals surface area contributed by atoms with E-state index in [9.17, 15) is 13.2 Å². The molecule has 0 aromatic carbocycles. The second kappa shape index (κ2) is 7.56. The number of nitrogens with one attached hydrogen (secondary N) is 2. The number of fused-ring (bicyclic) bond motifs is 1. The van der Waals surface area contributed by atoms with Gasteiger partial charge in [-0.05, 0) is 45.4 Å². The Morgan fingerprint density at radius 1 is 1.12 bits per heavy atom. The van der Waals surface area contributed by atoms with E-state index in [4.69, 9.17) is 4.74 Å². The predicted molar refractivity (Wildman–Crippen MR) is 96.1 cm³/mol. The highest BCUT2D eigenvalue weighted by Crippen LogP contribution is 2.51. The predicted octanol–water partition coefficient (Wildman–Crippen LogP) is 3.87. The van der Waals surface area contributed by atoms with E-state index in [1.54, 1.807) is 0 Å². The van der Waals surface area contributed by atoms with Crippen LogP contribution in [0.5, 0.6) is 0 Å². The number of nitrogens with zero attached hydrogens (tertiary/aromatic N) is 1. The molecule has 1 aliphatic heterocycles. The lowest BCUT2D eigenvalue weighted by atomic mass is 9.55. The van der Waals surface area contributed by atoms with Crippen LogP contribution in [0.25, 0.3) is 0 Å². The third kappa shape index (κ3) is 3.97. The molecule has 0 spiro atoms. The fourth-order valence-electron chi connectivity index (χ4n) is 5.01. The fourth-order valence-corrected chi connectivity index (χ4v) is 5.01. The topological polar surface area (TPSA) is 45.7 Å². The minimum absolute atomic E-state index is 0.0369. The average Bonchev–Trinajstić information content (AvgIpc) is 2.59. The molecule has 3 fully saturated rings. The lowest BCUT2D eigenvalue weighted by Crippen LogP contribution is -2.71. The summed E-state index contributed by atoms with van der Waals surface area (Å²) < 4.78 is 44.5. The van der Waals surface area contributed by atoms with Crippen molar-refractivity contribution in [3.8, 4) is 0 Å². The molecular formula is C19H32F3N3O. The Labute approximate surface area is 154 Å². The summed E-state index contributed by atoms with van der Waals surface area (Å²) in [4.78, 5) is 4.54. The molecule has 2 aliphatic carbocycles. The number of alkyl halides is 3. The Hall–Kier alpha value is -0.980. The van der Waals surface area contributed by atoms with Gasteiger partial charge in [0.05, 0.1) is 12.0 Å². The number of hydrogen-bond acceptors (Lipinski definition) is 2. The molecule has 26 heavy (non-hydrogen) atoms. The Kier molecular flexibility index (Phi) is 5.75. The van der Waals surface area contributed by atoms with Crippen LogP contribution in [0, 0.1) is 17.3 Å². The van der Waals surface area contributed by atoms with Crippen molar-refractivity contribution in [1.82, 2.24) is 10.6 Å². The largest absolute Gasteiger partial charge is 0.391 e. The van der Waals surface area contributed by atoms with Crippen molar-refractivity contribution in [1.29, 1.82) is 0 Å². The maximum absolute atomic E-state index is 12.9. The van der Waals surface area contributed by atoms with Gasteiger partial charge in [-0.2, -0.15) is 13.2 Å². The highest BCUT2D eigenvalue weighted by molar-refractivity contribution is 5.80. The maximum atomic E-state index is 12.9. The van der Waals surface area contributed by atoms with Crippen molar-refractivity contribution in [2.75, 3.05) is 13.2 Å². The molecule has 2 N–H and O–H groups in total. The summed E-state index contributed by atoms with van der Waals surface area (Å²) in [5.41, 5.74) is 0.0369. The minimum Gasteiger partial charge on any atom is -0.377 e. The van der Waals surface area contributed by atoms with Gasteiger partial charge in [-0.15, -0.1) is 0 Å². The SMILES string of the molecule is CCN=C(NC1CCC(C(F)(F)F)CC1)NC1C2CCCOC2C1(C)C. The number of aliphatic imine (C=N–C) groups is 1. The molecule has 150 valence electrons. The van der Waals surface area contributed by atoms with Crippen LogP contribution in [-0.2, 0) is 4.74 Å². The molecule has 1 heterocycles. The molecule has 7 heteroatoms. The van der Waals surface area contributed by atoms with Crippen molar-refractivity contribution < 1.29 is 17.9 Å². The van der Waals surface area contributed by atoms with Crippen LogP contribution in [0.4, 0.5) is 13.2 Å². The van der Waals surface area contributed by atoms with Gasteiger partial charge in [0, 0.05) is 36.6 Å². The zero-order valence-electron chi connectivity index (χ0n) is 16.0. The van der Waals surface area contributed by atoms with Gasteiger partial charge in [-0.3, -0.25) is 4.99 Å². The standard InChI is InChI=1S/C19H32F3N3O/c1-4-23-17(24-13-9-7-12(8-10-13)19(20,21)22)25-15-14-6-5-11-26-16(14)18(15,2)3/h12-16H,4-11H2,1-3H3,(H2,23,24,25). The molecule has 3 unspecified atom stereocenters. The first kappa shape index (κ1) is 19.8. The lowest BCUT2D eigenvalue weighted by Gasteiger charge is -2.60. The van der Waals surface area contributed by atoms with Crippen molar-refractivity contribution in [3.63, 3.8) is 0 Å². The molecule has 4 nitrogen and oxygen atoms in total. The Balaban J connectivity index is 1.56. The fraction of sp³-hybridized carbons (Fsp3) is 0.947. The number of ether oxygens (including phenoxy) is 1. The average molecular weight is 375 g/mol. The minimum atomic E-state index is -4.06. The van der Waals surface area contributed by atoms with Crippen LogP contribution >= 0.6 is 0 Å². The quantitative estimate of drug-likeness (QED) is 0.582. The van der Waals surface area contributed by atoms with E-state index in [1.807, 2.05) is 6.92 Å². The third-order valence-electron chi connectivity index (χ3n) is 6.47. The number of hydrogen-bond donors (Lipinski definition) is 2. The molecule has 3 atom stereocenters. The van der Waals surface area contributed by atoms with E-state index in [0.717, 1.165) is 25.4 Å². The van der Waals surface area contributed by atoms with Crippen LogP contribution in [0.1, 0.15) is 59.3 Å². The summed E-state index contributed by atoms with van der Waals surface area (Å²) in [6, 6.07) is 0.352. The normalized spacial score (nSPS) is 37.5. The first-order valence-corrected chi connectivity index (χ1v) is 9.99.